The highest BCUT2D eigenvalue weighted by Gasteiger charge is 2.19. The molecule has 0 bridgehead atoms. The van der Waals surface area contributed by atoms with Gasteiger partial charge in [0.1, 0.15) is 6.10 Å². The van der Waals surface area contributed by atoms with Gasteiger partial charge in [-0.15, -0.1) is 0 Å². The lowest BCUT2D eigenvalue weighted by Crippen LogP contribution is -2.20. The molecular weight excluding hydrogens is 344 g/mol. The first kappa shape index (κ1) is 17.3. The van der Waals surface area contributed by atoms with E-state index >= 15 is 0 Å². The van der Waals surface area contributed by atoms with Gasteiger partial charge in [-0.1, -0.05) is 24.3 Å². The molecule has 0 aliphatic carbocycles. The van der Waals surface area contributed by atoms with Crippen molar-refractivity contribution < 1.29 is 14.2 Å². The standard InChI is InChI=1S/C21H20N2O4/c1-25-19-8-7-15(11-20(19)27-18-9-10-26-14-18)16-12-21(24)23(22-13-16)17-5-3-2-4-6-17/h2-8,11-13,18H,9-10,14H2,1H3/t18-/m0/s1. The van der Waals surface area contributed by atoms with E-state index in [1.165, 1.54) is 4.68 Å². The van der Waals surface area contributed by atoms with Gasteiger partial charge in [0, 0.05) is 18.1 Å². The molecule has 0 spiro atoms. The molecular formula is C21H20N2O4. The van der Waals surface area contributed by atoms with Crippen LogP contribution in [0.2, 0.25) is 0 Å². The van der Waals surface area contributed by atoms with E-state index in [1.54, 1.807) is 19.4 Å². The summed E-state index contributed by atoms with van der Waals surface area (Å²) in [5.41, 5.74) is 2.10. The van der Waals surface area contributed by atoms with E-state index in [0.29, 0.717) is 24.7 Å². The van der Waals surface area contributed by atoms with Crippen molar-refractivity contribution in [1.29, 1.82) is 0 Å². The van der Waals surface area contributed by atoms with Crippen molar-refractivity contribution in [2.75, 3.05) is 20.3 Å². The van der Waals surface area contributed by atoms with Gasteiger partial charge in [-0.3, -0.25) is 4.79 Å². The third-order valence-electron chi connectivity index (χ3n) is 4.48. The highest BCUT2D eigenvalue weighted by atomic mass is 16.6. The van der Waals surface area contributed by atoms with Crippen molar-refractivity contribution in [3.05, 3.63) is 71.1 Å². The molecule has 138 valence electrons. The van der Waals surface area contributed by atoms with E-state index in [2.05, 4.69) is 5.10 Å². The molecule has 6 nitrogen and oxygen atoms in total. The van der Waals surface area contributed by atoms with E-state index < -0.39 is 0 Å². The van der Waals surface area contributed by atoms with Gasteiger partial charge in [0.05, 0.1) is 32.2 Å². The Bertz CT molecular complexity index is 979. The zero-order valence-electron chi connectivity index (χ0n) is 15.0. The smallest absolute Gasteiger partial charge is 0.272 e. The second kappa shape index (κ2) is 7.63. The fourth-order valence-electron chi connectivity index (χ4n) is 3.06. The number of hydrogen-bond donors (Lipinski definition) is 0. The largest absolute Gasteiger partial charge is 0.493 e. The van der Waals surface area contributed by atoms with E-state index in [0.717, 1.165) is 23.2 Å². The van der Waals surface area contributed by atoms with Crippen LogP contribution in [0.5, 0.6) is 11.5 Å². The quantitative estimate of drug-likeness (QED) is 0.696. The van der Waals surface area contributed by atoms with Crippen molar-refractivity contribution >= 4 is 0 Å². The van der Waals surface area contributed by atoms with Crippen molar-refractivity contribution in [3.8, 4) is 28.3 Å². The van der Waals surface area contributed by atoms with Gasteiger partial charge in [0.25, 0.3) is 5.56 Å². The Balaban J connectivity index is 1.66. The summed E-state index contributed by atoms with van der Waals surface area (Å²) in [5, 5.41) is 4.31. The van der Waals surface area contributed by atoms with E-state index in [-0.39, 0.29) is 11.7 Å². The highest BCUT2D eigenvalue weighted by molar-refractivity contribution is 5.66. The van der Waals surface area contributed by atoms with Gasteiger partial charge in [-0.25, -0.2) is 0 Å². The Morgan fingerprint density at radius 3 is 2.63 bits per heavy atom. The van der Waals surface area contributed by atoms with Gasteiger partial charge >= 0.3 is 0 Å². The van der Waals surface area contributed by atoms with Crippen molar-refractivity contribution in [3.63, 3.8) is 0 Å². The first-order valence-electron chi connectivity index (χ1n) is 8.82. The van der Waals surface area contributed by atoms with Gasteiger partial charge in [-0.2, -0.15) is 9.78 Å². The first-order valence-corrected chi connectivity index (χ1v) is 8.82. The molecule has 27 heavy (non-hydrogen) atoms. The molecule has 0 unspecified atom stereocenters. The zero-order valence-corrected chi connectivity index (χ0v) is 15.0. The summed E-state index contributed by atoms with van der Waals surface area (Å²) in [6.45, 7) is 1.27. The Kier molecular flexibility index (Phi) is 4.89. The van der Waals surface area contributed by atoms with E-state index in [1.807, 2.05) is 48.5 Å². The van der Waals surface area contributed by atoms with Gasteiger partial charge in [-0.05, 0) is 29.8 Å². The summed E-state index contributed by atoms with van der Waals surface area (Å²) < 4.78 is 18.2. The summed E-state index contributed by atoms with van der Waals surface area (Å²) in [6.07, 6.45) is 2.54. The van der Waals surface area contributed by atoms with Crippen LogP contribution in [0, 0.1) is 0 Å². The Hall–Kier alpha value is -3.12. The van der Waals surface area contributed by atoms with Crippen LogP contribution in [0.1, 0.15) is 6.42 Å². The Labute approximate surface area is 156 Å². The number of hydrogen-bond acceptors (Lipinski definition) is 5. The third-order valence-corrected chi connectivity index (χ3v) is 4.48. The molecule has 0 amide bonds. The molecule has 2 heterocycles. The predicted molar refractivity (Wildman–Crippen MR) is 102 cm³/mol. The SMILES string of the molecule is COc1ccc(-c2cnn(-c3ccccc3)c(=O)c2)cc1O[C@H]1CCOC1. The number of para-hydroxylation sites is 1. The maximum absolute atomic E-state index is 12.5. The molecule has 4 rings (SSSR count). The first-order chi connectivity index (χ1) is 13.2. The summed E-state index contributed by atoms with van der Waals surface area (Å²) in [7, 11) is 1.61. The normalized spacial score (nSPS) is 16.3. The molecule has 3 aromatic rings. The van der Waals surface area contributed by atoms with Crippen LogP contribution in [-0.4, -0.2) is 36.2 Å². The number of benzene rings is 2. The number of nitrogens with zero attached hydrogens (tertiary/aromatic N) is 2. The maximum atomic E-state index is 12.5. The Morgan fingerprint density at radius 2 is 1.93 bits per heavy atom. The predicted octanol–water partition coefficient (Wildman–Crippen LogP) is 3.08. The lowest BCUT2D eigenvalue weighted by Gasteiger charge is -2.16. The molecule has 0 saturated carbocycles. The lowest BCUT2D eigenvalue weighted by atomic mass is 10.1. The average Bonchev–Trinajstić information content (AvgIpc) is 3.21. The minimum absolute atomic E-state index is 0.0124. The lowest BCUT2D eigenvalue weighted by molar-refractivity contribution is 0.138. The molecule has 1 atom stereocenters. The Morgan fingerprint density at radius 1 is 1.07 bits per heavy atom. The summed E-state index contributed by atoms with van der Waals surface area (Å²) >= 11 is 0. The summed E-state index contributed by atoms with van der Waals surface area (Å²) in [6, 6.07) is 16.5. The highest BCUT2D eigenvalue weighted by Crippen LogP contribution is 2.33. The van der Waals surface area contributed by atoms with Gasteiger partial charge < -0.3 is 14.2 Å². The second-order valence-corrected chi connectivity index (χ2v) is 6.30. The topological polar surface area (TPSA) is 62.6 Å². The van der Waals surface area contributed by atoms with Crippen LogP contribution in [-0.2, 0) is 4.74 Å². The van der Waals surface area contributed by atoms with Crippen molar-refractivity contribution in [2.45, 2.75) is 12.5 Å². The molecule has 2 aromatic carbocycles. The number of rotatable bonds is 5. The molecule has 0 N–H and O–H groups in total. The monoisotopic (exact) mass is 364 g/mol. The molecule has 1 aliphatic rings. The van der Waals surface area contributed by atoms with Crippen LogP contribution in [0.3, 0.4) is 0 Å². The van der Waals surface area contributed by atoms with Gasteiger partial charge in [0.2, 0.25) is 0 Å². The molecule has 6 heteroatoms. The van der Waals surface area contributed by atoms with Crippen LogP contribution >= 0.6 is 0 Å². The van der Waals surface area contributed by atoms with Crippen LogP contribution in [0.4, 0.5) is 0 Å². The van der Waals surface area contributed by atoms with E-state index in [4.69, 9.17) is 14.2 Å². The number of aromatic nitrogens is 2. The second-order valence-electron chi connectivity index (χ2n) is 6.30. The minimum Gasteiger partial charge on any atom is -0.493 e. The van der Waals surface area contributed by atoms with Crippen LogP contribution in [0.25, 0.3) is 16.8 Å². The van der Waals surface area contributed by atoms with E-state index in [9.17, 15) is 4.79 Å². The van der Waals surface area contributed by atoms with Crippen LogP contribution in [0.15, 0.2) is 65.6 Å². The minimum atomic E-state index is -0.193. The maximum Gasteiger partial charge on any atom is 0.272 e. The molecule has 1 aromatic heterocycles. The molecule has 0 radical (unpaired) electrons. The molecule has 1 saturated heterocycles. The fourth-order valence-corrected chi connectivity index (χ4v) is 3.06. The zero-order chi connectivity index (χ0) is 18.6. The fraction of sp³-hybridized carbons (Fsp3) is 0.238. The van der Waals surface area contributed by atoms with Crippen LogP contribution < -0.4 is 15.0 Å². The van der Waals surface area contributed by atoms with Gasteiger partial charge in [0.15, 0.2) is 11.5 Å². The molecule has 1 fully saturated rings. The average molecular weight is 364 g/mol. The number of ether oxygens (including phenoxy) is 3. The summed E-state index contributed by atoms with van der Waals surface area (Å²) in [5.74, 6) is 1.29. The van der Waals surface area contributed by atoms with Crippen molar-refractivity contribution in [1.82, 2.24) is 9.78 Å². The molecule has 1 aliphatic heterocycles. The number of methoxy groups -OCH3 is 1. The van der Waals surface area contributed by atoms with Crippen molar-refractivity contribution in [2.24, 2.45) is 0 Å². The summed E-state index contributed by atoms with van der Waals surface area (Å²) in [4.78, 5) is 12.5. The third kappa shape index (κ3) is 3.71.